The second-order valence-corrected chi connectivity index (χ2v) is 4.63. The van der Waals surface area contributed by atoms with E-state index in [-0.39, 0.29) is 6.10 Å². The Hall–Kier alpha value is -0.0800. The topological polar surface area (TPSA) is 32.3 Å². The highest BCUT2D eigenvalue weighted by molar-refractivity contribution is 4.94. The van der Waals surface area contributed by atoms with Crippen LogP contribution in [-0.2, 0) is 0 Å². The van der Waals surface area contributed by atoms with Gasteiger partial charge in [0, 0.05) is 0 Å². The Morgan fingerprint density at radius 1 is 1.17 bits per heavy atom. The van der Waals surface area contributed by atoms with E-state index in [1.807, 2.05) is 0 Å². The molecule has 5 atom stereocenters. The summed E-state index contributed by atoms with van der Waals surface area (Å²) < 4.78 is 0. The van der Waals surface area contributed by atoms with Crippen molar-refractivity contribution in [3.8, 4) is 0 Å². The van der Waals surface area contributed by atoms with E-state index < -0.39 is 0 Å². The molecule has 1 aliphatic carbocycles. The Balaban J connectivity index is 2.10. The fraction of sp³-hybridized carbons (Fsp3) is 1.00. The lowest BCUT2D eigenvalue weighted by atomic mass is 9.79. The summed E-state index contributed by atoms with van der Waals surface area (Å²) in [5, 5.41) is 13.2. The fourth-order valence-corrected chi connectivity index (χ4v) is 2.96. The molecule has 1 saturated heterocycles. The first kappa shape index (κ1) is 8.52. The molecule has 0 amide bonds. The molecule has 0 aromatic heterocycles. The smallest absolute Gasteiger partial charge is 0.0571 e. The van der Waals surface area contributed by atoms with Crippen molar-refractivity contribution in [1.29, 1.82) is 0 Å². The lowest BCUT2D eigenvalue weighted by Gasteiger charge is -2.33. The van der Waals surface area contributed by atoms with Crippen molar-refractivity contribution >= 4 is 0 Å². The van der Waals surface area contributed by atoms with E-state index >= 15 is 0 Å². The van der Waals surface area contributed by atoms with Crippen LogP contribution < -0.4 is 5.32 Å². The third-order valence-corrected chi connectivity index (χ3v) is 3.92. The van der Waals surface area contributed by atoms with Gasteiger partial charge in [-0.3, -0.25) is 0 Å². The third kappa shape index (κ3) is 1.17. The quantitative estimate of drug-likeness (QED) is 0.563. The first-order valence-corrected chi connectivity index (χ1v) is 5.09. The van der Waals surface area contributed by atoms with E-state index in [0.717, 1.165) is 37.3 Å². The standard InChI is InChI=1S/C10H19NO/c1-6-4-11-5-9-7(2)10(12)3-8(6)9/h6-12H,3-5H2,1-2H3/t6-,7-,8-,9-,10-/m0/s1. The van der Waals surface area contributed by atoms with Crippen molar-refractivity contribution in [3.63, 3.8) is 0 Å². The average molecular weight is 169 g/mol. The molecular formula is C10H19NO. The van der Waals surface area contributed by atoms with Gasteiger partial charge >= 0.3 is 0 Å². The normalized spacial score (nSPS) is 53.8. The van der Waals surface area contributed by atoms with Crippen LogP contribution in [-0.4, -0.2) is 24.3 Å². The van der Waals surface area contributed by atoms with Crippen molar-refractivity contribution in [2.24, 2.45) is 23.7 Å². The molecule has 2 fully saturated rings. The van der Waals surface area contributed by atoms with E-state index in [1.165, 1.54) is 0 Å². The lowest BCUT2D eigenvalue weighted by Crippen LogP contribution is -2.41. The Labute approximate surface area is 74.4 Å². The summed E-state index contributed by atoms with van der Waals surface area (Å²) in [6, 6.07) is 0. The molecule has 12 heavy (non-hydrogen) atoms. The van der Waals surface area contributed by atoms with E-state index in [9.17, 15) is 5.11 Å². The van der Waals surface area contributed by atoms with E-state index in [1.54, 1.807) is 0 Å². The molecule has 0 aromatic rings. The van der Waals surface area contributed by atoms with Crippen LogP contribution in [0.2, 0.25) is 0 Å². The molecule has 0 spiro atoms. The Bertz CT molecular complexity index is 171. The van der Waals surface area contributed by atoms with Gasteiger partial charge in [0.2, 0.25) is 0 Å². The monoisotopic (exact) mass is 169 g/mol. The molecule has 1 saturated carbocycles. The number of piperidine rings is 1. The molecule has 1 heterocycles. The Morgan fingerprint density at radius 3 is 2.58 bits per heavy atom. The van der Waals surface area contributed by atoms with Gasteiger partial charge in [0.1, 0.15) is 0 Å². The van der Waals surface area contributed by atoms with Gasteiger partial charge in [0.05, 0.1) is 6.10 Å². The van der Waals surface area contributed by atoms with Crippen LogP contribution >= 0.6 is 0 Å². The van der Waals surface area contributed by atoms with Crippen LogP contribution in [0.3, 0.4) is 0 Å². The van der Waals surface area contributed by atoms with Crippen LogP contribution in [0, 0.1) is 23.7 Å². The van der Waals surface area contributed by atoms with Crippen LogP contribution in [0.25, 0.3) is 0 Å². The average Bonchev–Trinajstić information content (AvgIpc) is 2.32. The first-order chi connectivity index (χ1) is 5.70. The highest BCUT2D eigenvalue weighted by Gasteiger charge is 2.43. The van der Waals surface area contributed by atoms with Crippen LogP contribution in [0.15, 0.2) is 0 Å². The molecule has 2 aliphatic rings. The molecule has 2 nitrogen and oxygen atoms in total. The SMILES string of the molecule is C[C@H]1[C@@H]2CNC[C@H](C)[C@@H]2C[C@@H]1O. The zero-order valence-corrected chi connectivity index (χ0v) is 7.96. The second-order valence-electron chi connectivity index (χ2n) is 4.63. The van der Waals surface area contributed by atoms with Gasteiger partial charge in [-0.15, -0.1) is 0 Å². The number of nitrogens with one attached hydrogen (secondary N) is 1. The van der Waals surface area contributed by atoms with E-state index in [4.69, 9.17) is 0 Å². The molecule has 0 radical (unpaired) electrons. The molecule has 70 valence electrons. The maximum atomic E-state index is 9.72. The highest BCUT2D eigenvalue weighted by Crippen LogP contribution is 2.42. The van der Waals surface area contributed by atoms with E-state index in [0.29, 0.717) is 5.92 Å². The van der Waals surface area contributed by atoms with E-state index in [2.05, 4.69) is 19.2 Å². The Kier molecular flexibility index (Phi) is 2.13. The molecule has 2 N–H and O–H groups in total. The minimum atomic E-state index is -0.0395. The maximum absolute atomic E-state index is 9.72. The van der Waals surface area contributed by atoms with Gasteiger partial charge in [-0.2, -0.15) is 0 Å². The van der Waals surface area contributed by atoms with Crippen molar-refractivity contribution < 1.29 is 5.11 Å². The predicted molar refractivity (Wildman–Crippen MR) is 48.8 cm³/mol. The van der Waals surface area contributed by atoms with Crippen molar-refractivity contribution in [2.75, 3.05) is 13.1 Å². The molecule has 2 heteroatoms. The number of hydrogen-bond acceptors (Lipinski definition) is 2. The van der Waals surface area contributed by atoms with Gasteiger partial charge in [0.25, 0.3) is 0 Å². The van der Waals surface area contributed by atoms with Crippen LogP contribution in [0.5, 0.6) is 0 Å². The highest BCUT2D eigenvalue weighted by atomic mass is 16.3. The summed E-state index contributed by atoms with van der Waals surface area (Å²) in [6.07, 6.45) is 0.997. The van der Waals surface area contributed by atoms with Gasteiger partial charge in [-0.1, -0.05) is 13.8 Å². The fourth-order valence-electron chi connectivity index (χ4n) is 2.96. The van der Waals surface area contributed by atoms with Gasteiger partial charge in [0.15, 0.2) is 0 Å². The van der Waals surface area contributed by atoms with Crippen LogP contribution in [0.4, 0.5) is 0 Å². The van der Waals surface area contributed by atoms with Crippen molar-refractivity contribution in [2.45, 2.75) is 26.4 Å². The van der Waals surface area contributed by atoms with Gasteiger partial charge in [-0.25, -0.2) is 0 Å². The first-order valence-electron chi connectivity index (χ1n) is 5.09. The summed E-state index contributed by atoms with van der Waals surface area (Å²) in [7, 11) is 0. The zero-order chi connectivity index (χ0) is 8.72. The van der Waals surface area contributed by atoms with Crippen molar-refractivity contribution in [3.05, 3.63) is 0 Å². The number of rotatable bonds is 0. The predicted octanol–water partition coefficient (Wildman–Crippen LogP) is 0.859. The molecular weight excluding hydrogens is 150 g/mol. The molecule has 0 aromatic carbocycles. The second kappa shape index (κ2) is 3.00. The summed E-state index contributed by atoms with van der Waals surface area (Å²) in [6.45, 7) is 6.75. The number of hydrogen-bond donors (Lipinski definition) is 2. The summed E-state index contributed by atoms with van der Waals surface area (Å²) >= 11 is 0. The largest absolute Gasteiger partial charge is 0.393 e. The number of aliphatic hydroxyl groups excluding tert-OH is 1. The van der Waals surface area contributed by atoms with Gasteiger partial charge < -0.3 is 10.4 Å². The lowest BCUT2D eigenvalue weighted by molar-refractivity contribution is 0.126. The zero-order valence-electron chi connectivity index (χ0n) is 7.96. The van der Waals surface area contributed by atoms with Gasteiger partial charge in [-0.05, 0) is 43.2 Å². The molecule has 0 bridgehead atoms. The number of fused-ring (bicyclic) bond motifs is 1. The Morgan fingerprint density at radius 2 is 1.92 bits per heavy atom. The molecule has 0 unspecified atom stereocenters. The number of aliphatic hydroxyl groups is 1. The summed E-state index contributed by atoms with van der Waals surface area (Å²) in [5.41, 5.74) is 0. The third-order valence-electron chi connectivity index (χ3n) is 3.92. The minimum Gasteiger partial charge on any atom is -0.393 e. The summed E-state index contributed by atoms with van der Waals surface area (Å²) in [4.78, 5) is 0. The minimum absolute atomic E-state index is 0.0395. The molecule has 2 rings (SSSR count). The van der Waals surface area contributed by atoms with Crippen molar-refractivity contribution in [1.82, 2.24) is 5.32 Å². The maximum Gasteiger partial charge on any atom is 0.0571 e. The summed E-state index contributed by atoms with van der Waals surface area (Å²) in [5.74, 6) is 2.76. The molecule has 1 aliphatic heterocycles. The van der Waals surface area contributed by atoms with Crippen LogP contribution in [0.1, 0.15) is 20.3 Å².